The molecule has 0 aliphatic rings. The maximum atomic E-state index is 10.7. The Morgan fingerprint density at radius 2 is 2.29 bits per heavy atom. The Labute approximate surface area is 102 Å². The van der Waals surface area contributed by atoms with Crippen molar-refractivity contribution in [2.45, 2.75) is 13.5 Å². The summed E-state index contributed by atoms with van der Waals surface area (Å²) in [5, 5.41) is 14.9. The van der Waals surface area contributed by atoms with Gasteiger partial charge in [-0.25, -0.2) is 4.98 Å². The maximum absolute atomic E-state index is 10.7. The van der Waals surface area contributed by atoms with Crippen LogP contribution in [0.2, 0.25) is 5.15 Å². The number of halogens is 1. The van der Waals surface area contributed by atoms with Crippen molar-refractivity contribution < 1.29 is 4.92 Å². The summed E-state index contributed by atoms with van der Waals surface area (Å²) in [6.45, 7) is 2.58. The van der Waals surface area contributed by atoms with Crippen LogP contribution < -0.4 is 0 Å². The minimum Gasteiger partial charge on any atom is -0.264 e. The van der Waals surface area contributed by atoms with Gasteiger partial charge in [-0.15, -0.1) is 0 Å². The van der Waals surface area contributed by atoms with Gasteiger partial charge in [0.25, 0.3) is 5.69 Å². The first-order valence-electron chi connectivity index (χ1n) is 4.96. The largest absolute Gasteiger partial charge is 0.274 e. The van der Waals surface area contributed by atoms with Gasteiger partial charge in [0.05, 0.1) is 22.4 Å². The van der Waals surface area contributed by atoms with Crippen molar-refractivity contribution in [3.05, 3.63) is 39.7 Å². The third-order valence-corrected chi connectivity index (χ3v) is 2.46. The molecular weight excluding hydrogens is 244 g/mol. The molecule has 0 fully saturated rings. The van der Waals surface area contributed by atoms with Gasteiger partial charge in [-0.1, -0.05) is 11.6 Å². The Balaban J connectivity index is 2.56. The Hall–Kier alpha value is -1.95. The highest BCUT2D eigenvalue weighted by molar-refractivity contribution is 6.29. The van der Waals surface area contributed by atoms with Crippen LogP contribution in [-0.4, -0.2) is 19.7 Å². The predicted octanol–water partition coefficient (Wildman–Crippen LogP) is 2.53. The predicted molar refractivity (Wildman–Crippen MR) is 62.8 cm³/mol. The van der Waals surface area contributed by atoms with Gasteiger partial charge in [0, 0.05) is 18.8 Å². The van der Waals surface area contributed by atoms with Crippen LogP contribution in [0.15, 0.2) is 24.4 Å². The highest BCUT2D eigenvalue weighted by Crippen LogP contribution is 2.24. The molecule has 88 valence electrons. The van der Waals surface area contributed by atoms with Crippen molar-refractivity contribution in [3.63, 3.8) is 0 Å². The lowest BCUT2D eigenvalue weighted by atomic mass is 10.2. The van der Waals surface area contributed by atoms with Crippen LogP contribution in [0.4, 0.5) is 5.69 Å². The van der Waals surface area contributed by atoms with E-state index >= 15 is 0 Å². The zero-order valence-corrected chi connectivity index (χ0v) is 9.76. The molecule has 0 saturated carbocycles. The standard InChI is InChI=1S/C10H9ClN4O2/c1-2-14-9(3-4-12-14)8-5-7(15(16)17)6-10(11)13-8/h3-6H,2H2,1H3. The van der Waals surface area contributed by atoms with E-state index in [1.165, 1.54) is 12.1 Å². The number of aryl methyl sites for hydroxylation is 1. The van der Waals surface area contributed by atoms with Crippen molar-refractivity contribution in [1.82, 2.24) is 14.8 Å². The zero-order chi connectivity index (χ0) is 12.4. The Bertz CT molecular complexity index is 567. The lowest BCUT2D eigenvalue weighted by Crippen LogP contribution is -2.00. The van der Waals surface area contributed by atoms with Crippen LogP contribution in [-0.2, 0) is 6.54 Å². The summed E-state index contributed by atoms with van der Waals surface area (Å²) >= 11 is 5.76. The third-order valence-electron chi connectivity index (χ3n) is 2.27. The second-order valence-electron chi connectivity index (χ2n) is 3.32. The van der Waals surface area contributed by atoms with E-state index in [0.29, 0.717) is 17.9 Å². The molecule has 17 heavy (non-hydrogen) atoms. The van der Waals surface area contributed by atoms with E-state index in [0.717, 1.165) is 0 Å². The number of nitrogens with zero attached hydrogens (tertiary/aromatic N) is 4. The Kier molecular flexibility index (Phi) is 3.06. The Morgan fingerprint density at radius 1 is 1.53 bits per heavy atom. The molecule has 0 saturated heterocycles. The van der Waals surface area contributed by atoms with E-state index in [1.54, 1.807) is 16.9 Å². The van der Waals surface area contributed by atoms with E-state index in [-0.39, 0.29) is 10.8 Å². The normalized spacial score (nSPS) is 10.5. The number of aromatic nitrogens is 3. The summed E-state index contributed by atoms with van der Waals surface area (Å²) in [4.78, 5) is 14.3. The monoisotopic (exact) mass is 252 g/mol. The molecule has 2 rings (SSSR count). The summed E-state index contributed by atoms with van der Waals surface area (Å²) in [6.07, 6.45) is 1.62. The fraction of sp³-hybridized carbons (Fsp3) is 0.200. The van der Waals surface area contributed by atoms with Crippen LogP contribution in [0, 0.1) is 10.1 Å². The average molecular weight is 253 g/mol. The fourth-order valence-corrected chi connectivity index (χ4v) is 1.73. The van der Waals surface area contributed by atoms with Crippen molar-refractivity contribution in [2.75, 3.05) is 0 Å². The molecule has 0 spiro atoms. The maximum Gasteiger partial charge on any atom is 0.274 e. The van der Waals surface area contributed by atoms with Gasteiger partial charge in [0.2, 0.25) is 0 Å². The molecule has 0 radical (unpaired) electrons. The van der Waals surface area contributed by atoms with Gasteiger partial charge < -0.3 is 0 Å². The molecule has 0 atom stereocenters. The van der Waals surface area contributed by atoms with Gasteiger partial charge in [-0.3, -0.25) is 14.8 Å². The molecule has 0 N–H and O–H groups in total. The molecule has 7 heteroatoms. The molecule has 0 aromatic carbocycles. The van der Waals surface area contributed by atoms with Crippen LogP contribution in [0.3, 0.4) is 0 Å². The molecule has 0 unspecified atom stereocenters. The van der Waals surface area contributed by atoms with Crippen LogP contribution >= 0.6 is 11.6 Å². The van der Waals surface area contributed by atoms with E-state index < -0.39 is 4.92 Å². The molecule has 0 aliphatic carbocycles. The van der Waals surface area contributed by atoms with E-state index in [2.05, 4.69) is 10.1 Å². The summed E-state index contributed by atoms with van der Waals surface area (Å²) in [6, 6.07) is 4.35. The minimum absolute atomic E-state index is 0.0798. The summed E-state index contributed by atoms with van der Waals surface area (Å²) in [5.74, 6) is 0. The lowest BCUT2D eigenvalue weighted by molar-refractivity contribution is -0.384. The van der Waals surface area contributed by atoms with Crippen LogP contribution in [0.1, 0.15) is 6.92 Å². The first-order chi connectivity index (χ1) is 8.11. The third kappa shape index (κ3) is 2.26. The van der Waals surface area contributed by atoms with Gasteiger partial charge in [-0.2, -0.15) is 5.10 Å². The summed E-state index contributed by atoms with van der Waals surface area (Å²) in [7, 11) is 0. The van der Waals surface area contributed by atoms with Crippen molar-refractivity contribution in [1.29, 1.82) is 0 Å². The molecule has 2 aromatic rings. The highest BCUT2D eigenvalue weighted by atomic mass is 35.5. The number of rotatable bonds is 3. The van der Waals surface area contributed by atoms with Crippen molar-refractivity contribution in [3.8, 4) is 11.4 Å². The van der Waals surface area contributed by atoms with Gasteiger partial charge in [0.15, 0.2) is 0 Å². The quantitative estimate of drug-likeness (QED) is 0.478. The van der Waals surface area contributed by atoms with Crippen LogP contribution in [0.25, 0.3) is 11.4 Å². The zero-order valence-electron chi connectivity index (χ0n) is 9.00. The molecule has 2 aromatic heterocycles. The average Bonchev–Trinajstić information content (AvgIpc) is 2.76. The molecule has 0 bridgehead atoms. The topological polar surface area (TPSA) is 73.8 Å². The Morgan fingerprint density at radius 3 is 2.94 bits per heavy atom. The van der Waals surface area contributed by atoms with Gasteiger partial charge in [0.1, 0.15) is 5.15 Å². The van der Waals surface area contributed by atoms with E-state index in [4.69, 9.17) is 11.6 Å². The number of pyridine rings is 1. The SMILES string of the molecule is CCn1nccc1-c1cc([N+](=O)[O-])cc(Cl)n1. The fourth-order valence-electron chi connectivity index (χ4n) is 1.52. The minimum atomic E-state index is -0.496. The second kappa shape index (κ2) is 4.50. The van der Waals surface area contributed by atoms with Crippen LogP contribution in [0.5, 0.6) is 0 Å². The first-order valence-corrected chi connectivity index (χ1v) is 5.33. The second-order valence-corrected chi connectivity index (χ2v) is 3.71. The number of hydrogen-bond donors (Lipinski definition) is 0. The molecule has 6 nitrogen and oxygen atoms in total. The number of nitro groups is 1. The highest BCUT2D eigenvalue weighted by Gasteiger charge is 2.13. The summed E-state index contributed by atoms with van der Waals surface area (Å²) < 4.78 is 1.70. The molecule has 0 amide bonds. The molecule has 0 aliphatic heterocycles. The lowest BCUT2D eigenvalue weighted by Gasteiger charge is -2.04. The number of hydrogen-bond acceptors (Lipinski definition) is 4. The summed E-state index contributed by atoms with van der Waals surface area (Å²) in [5.41, 5.74) is 1.07. The smallest absolute Gasteiger partial charge is 0.264 e. The van der Waals surface area contributed by atoms with Crippen molar-refractivity contribution in [2.24, 2.45) is 0 Å². The molecular formula is C10H9ClN4O2. The first kappa shape index (κ1) is 11.5. The van der Waals surface area contributed by atoms with E-state index in [1.807, 2.05) is 6.92 Å². The van der Waals surface area contributed by atoms with Gasteiger partial charge in [-0.05, 0) is 13.0 Å². The van der Waals surface area contributed by atoms with E-state index in [9.17, 15) is 10.1 Å². The van der Waals surface area contributed by atoms with Gasteiger partial charge >= 0.3 is 0 Å². The van der Waals surface area contributed by atoms with Crippen molar-refractivity contribution >= 4 is 17.3 Å². The molecule has 2 heterocycles.